The van der Waals surface area contributed by atoms with E-state index in [1.165, 1.54) is 0 Å². The molecule has 0 saturated carbocycles. The van der Waals surface area contributed by atoms with E-state index in [4.69, 9.17) is 9.26 Å². The summed E-state index contributed by atoms with van der Waals surface area (Å²) in [5, 5.41) is 7.09. The zero-order chi connectivity index (χ0) is 18.1. The summed E-state index contributed by atoms with van der Waals surface area (Å²) in [5.74, 6) is 1.22. The number of amides is 1. The van der Waals surface area contributed by atoms with Crippen molar-refractivity contribution in [2.75, 3.05) is 26.2 Å². The van der Waals surface area contributed by atoms with Gasteiger partial charge in [-0.25, -0.2) is 0 Å². The van der Waals surface area contributed by atoms with Crippen LogP contribution in [0.4, 0.5) is 0 Å². The minimum absolute atomic E-state index is 0.00257. The molecule has 2 aliphatic rings. The number of carbonyl (C=O) groups excluding carboxylic acids is 1. The van der Waals surface area contributed by atoms with E-state index in [9.17, 15) is 4.79 Å². The van der Waals surface area contributed by atoms with Gasteiger partial charge in [-0.15, -0.1) is 0 Å². The zero-order valence-corrected chi connectivity index (χ0v) is 15.4. The van der Waals surface area contributed by atoms with Crippen LogP contribution >= 0.6 is 0 Å². The fourth-order valence-electron chi connectivity index (χ4n) is 3.95. The van der Waals surface area contributed by atoms with Crippen molar-refractivity contribution in [1.82, 2.24) is 19.9 Å². The standard InChI is InChI=1S/C19H26N4O3/c1-14-8-16(21-26-14)10-23-12-19(13-23)6-5-15(11-25-19)9-20-18(24)17-4-3-7-22(17)2/h3-4,7-8,15H,5-6,9-13H2,1-2H3,(H,20,24). The number of hydrogen-bond donors (Lipinski definition) is 1. The third kappa shape index (κ3) is 3.54. The first-order valence-electron chi connectivity index (χ1n) is 9.21. The van der Waals surface area contributed by atoms with Gasteiger partial charge in [0.05, 0.1) is 17.9 Å². The second-order valence-corrected chi connectivity index (χ2v) is 7.69. The largest absolute Gasteiger partial charge is 0.372 e. The molecule has 2 saturated heterocycles. The molecule has 2 aromatic rings. The van der Waals surface area contributed by atoms with Gasteiger partial charge < -0.3 is 19.1 Å². The zero-order valence-electron chi connectivity index (χ0n) is 15.4. The minimum Gasteiger partial charge on any atom is -0.372 e. The van der Waals surface area contributed by atoms with Crippen molar-refractivity contribution in [3.8, 4) is 0 Å². The smallest absolute Gasteiger partial charge is 0.267 e. The normalized spacial score (nSPS) is 22.3. The summed E-state index contributed by atoms with van der Waals surface area (Å²) < 4.78 is 13.1. The third-order valence-corrected chi connectivity index (χ3v) is 5.45. The van der Waals surface area contributed by atoms with Crippen molar-refractivity contribution >= 4 is 5.91 Å². The molecule has 4 heterocycles. The fourth-order valence-corrected chi connectivity index (χ4v) is 3.95. The Morgan fingerprint density at radius 3 is 2.92 bits per heavy atom. The lowest BCUT2D eigenvalue weighted by Crippen LogP contribution is -2.64. The Morgan fingerprint density at radius 1 is 1.46 bits per heavy atom. The summed E-state index contributed by atoms with van der Waals surface area (Å²) in [5.41, 5.74) is 1.67. The first-order valence-corrected chi connectivity index (χ1v) is 9.21. The SMILES string of the molecule is Cc1cc(CN2CC3(CCC(CNC(=O)c4cccn4C)CO3)C2)no1. The maximum atomic E-state index is 12.2. The minimum atomic E-state index is -0.0180. The number of carbonyl (C=O) groups is 1. The number of hydrogen-bond acceptors (Lipinski definition) is 5. The highest BCUT2D eigenvalue weighted by molar-refractivity contribution is 5.92. The van der Waals surface area contributed by atoms with Crippen LogP contribution in [0, 0.1) is 12.8 Å². The summed E-state index contributed by atoms with van der Waals surface area (Å²) in [6.07, 6.45) is 4.02. The Hall–Kier alpha value is -2.12. The fraction of sp³-hybridized carbons (Fsp3) is 0.579. The van der Waals surface area contributed by atoms with Crippen molar-refractivity contribution in [3.05, 3.63) is 41.5 Å². The number of aromatic nitrogens is 2. The molecular weight excluding hydrogens is 332 g/mol. The Morgan fingerprint density at radius 2 is 2.31 bits per heavy atom. The summed E-state index contributed by atoms with van der Waals surface area (Å²) in [6.45, 7) is 6.00. The van der Waals surface area contributed by atoms with Gasteiger partial charge in [-0.1, -0.05) is 5.16 Å². The molecule has 4 rings (SSSR count). The lowest BCUT2D eigenvalue weighted by atomic mass is 9.83. The van der Waals surface area contributed by atoms with Crippen LogP contribution in [0.25, 0.3) is 0 Å². The second-order valence-electron chi connectivity index (χ2n) is 7.69. The molecular formula is C19H26N4O3. The van der Waals surface area contributed by atoms with E-state index in [-0.39, 0.29) is 11.5 Å². The number of nitrogens with one attached hydrogen (secondary N) is 1. The predicted molar refractivity (Wildman–Crippen MR) is 95.7 cm³/mol. The van der Waals surface area contributed by atoms with Crippen LogP contribution in [0.3, 0.4) is 0 Å². The van der Waals surface area contributed by atoms with Gasteiger partial charge in [-0.2, -0.15) is 0 Å². The van der Waals surface area contributed by atoms with Crippen LogP contribution in [0.2, 0.25) is 0 Å². The molecule has 1 amide bonds. The highest BCUT2D eigenvalue weighted by Gasteiger charge is 2.46. The van der Waals surface area contributed by atoms with Crippen molar-refractivity contribution in [2.24, 2.45) is 13.0 Å². The molecule has 1 N–H and O–H groups in total. The van der Waals surface area contributed by atoms with Crippen LogP contribution in [-0.4, -0.2) is 52.4 Å². The van der Waals surface area contributed by atoms with Crippen molar-refractivity contribution in [1.29, 1.82) is 0 Å². The lowest BCUT2D eigenvalue weighted by molar-refractivity contribution is -0.181. The second kappa shape index (κ2) is 6.89. The Kier molecular flexibility index (Phi) is 4.58. The molecule has 2 aromatic heterocycles. The van der Waals surface area contributed by atoms with Gasteiger partial charge in [0.25, 0.3) is 5.91 Å². The first kappa shape index (κ1) is 17.3. The lowest BCUT2D eigenvalue weighted by Gasteiger charge is -2.52. The molecule has 1 atom stereocenters. The molecule has 140 valence electrons. The summed E-state index contributed by atoms with van der Waals surface area (Å²) in [4.78, 5) is 14.5. The summed E-state index contributed by atoms with van der Waals surface area (Å²) in [6, 6.07) is 5.70. The molecule has 0 radical (unpaired) electrons. The van der Waals surface area contributed by atoms with Crippen LogP contribution in [0.15, 0.2) is 28.9 Å². The van der Waals surface area contributed by atoms with Gasteiger partial charge >= 0.3 is 0 Å². The average molecular weight is 358 g/mol. The molecule has 0 aromatic carbocycles. The highest BCUT2D eigenvalue weighted by Crippen LogP contribution is 2.36. The molecule has 7 heteroatoms. The third-order valence-electron chi connectivity index (χ3n) is 5.45. The van der Waals surface area contributed by atoms with E-state index < -0.39 is 0 Å². The molecule has 2 fully saturated rings. The Bertz CT molecular complexity index is 765. The van der Waals surface area contributed by atoms with E-state index in [1.54, 1.807) is 0 Å². The summed E-state index contributed by atoms with van der Waals surface area (Å²) >= 11 is 0. The van der Waals surface area contributed by atoms with Gasteiger partial charge in [-0.05, 0) is 37.8 Å². The van der Waals surface area contributed by atoms with E-state index in [0.29, 0.717) is 24.8 Å². The van der Waals surface area contributed by atoms with E-state index >= 15 is 0 Å². The average Bonchev–Trinajstić information content (AvgIpc) is 3.21. The first-order chi connectivity index (χ1) is 12.5. The quantitative estimate of drug-likeness (QED) is 0.881. The number of nitrogens with zero attached hydrogens (tertiary/aromatic N) is 3. The number of aryl methyl sites for hydroxylation is 2. The maximum absolute atomic E-state index is 12.2. The molecule has 1 spiro atoms. The van der Waals surface area contributed by atoms with Crippen molar-refractivity contribution < 1.29 is 14.1 Å². The molecule has 2 aliphatic heterocycles. The predicted octanol–water partition coefficient (Wildman–Crippen LogP) is 1.73. The van der Waals surface area contributed by atoms with Gasteiger partial charge in [-0.3, -0.25) is 9.69 Å². The molecule has 7 nitrogen and oxygen atoms in total. The number of ether oxygens (including phenoxy) is 1. The van der Waals surface area contributed by atoms with Crippen molar-refractivity contribution in [3.63, 3.8) is 0 Å². The van der Waals surface area contributed by atoms with E-state index in [2.05, 4.69) is 15.4 Å². The Balaban J connectivity index is 1.19. The molecule has 26 heavy (non-hydrogen) atoms. The van der Waals surface area contributed by atoms with Crippen LogP contribution in [0.1, 0.15) is 34.8 Å². The van der Waals surface area contributed by atoms with Crippen LogP contribution < -0.4 is 5.32 Å². The van der Waals surface area contributed by atoms with E-state index in [1.807, 2.05) is 42.9 Å². The summed E-state index contributed by atoms with van der Waals surface area (Å²) in [7, 11) is 1.88. The highest BCUT2D eigenvalue weighted by atomic mass is 16.5. The monoisotopic (exact) mass is 358 g/mol. The molecule has 0 bridgehead atoms. The van der Waals surface area contributed by atoms with Gasteiger partial charge in [0, 0.05) is 45.5 Å². The number of rotatable bonds is 5. The topological polar surface area (TPSA) is 72.5 Å². The van der Waals surface area contributed by atoms with Crippen LogP contribution in [-0.2, 0) is 18.3 Å². The van der Waals surface area contributed by atoms with Gasteiger partial charge in [0.15, 0.2) is 0 Å². The number of likely N-dealkylation sites (tertiary alicyclic amines) is 1. The molecule has 1 unspecified atom stereocenters. The maximum Gasteiger partial charge on any atom is 0.267 e. The Labute approximate surface area is 153 Å². The van der Waals surface area contributed by atoms with Gasteiger partial charge in [0.2, 0.25) is 0 Å². The van der Waals surface area contributed by atoms with E-state index in [0.717, 1.165) is 43.9 Å². The van der Waals surface area contributed by atoms with Gasteiger partial charge in [0.1, 0.15) is 11.5 Å². The van der Waals surface area contributed by atoms with Crippen LogP contribution in [0.5, 0.6) is 0 Å². The van der Waals surface area contributed by atoms with Crippen molar-refractivity contribution in [2.45, 2.75) is 31.9 Å². The molecule has 0 aliphatic carbocycles.